The van der Waals surface area contributed by atoms with Crippen LogP contribution in [0.15, 0.2) is 0 Å². The first-order chi connectivity index (χ1) is 6.40. The van der Waals surface area contributed by atoms with E-state index in [2.05, 4.69) is 0 Å². The van der Waals surface area contributed by atoms with Gasteiger partial charge in [-0.2, -0.15) is 0 Å². The van der Waals surface area contributed by atoms with Crippen molar-refractivity contribution in [3.63, 3.8) is 0 Å². The first-order valence-electron chi connectivity index (χ1n) is 5.72. The van der Waals surface area contributed by atoms with Crippen LogP contribution < -0.4 is 5.73 Å². The van der Waals surface area contributed by atoms with Crippen LogP contribution in [0.4, 0.5) is 0 Å². The molecule has 13 heavy (non-hydrogen) atoms. The number of hydrogen-bond donors (Lipinski definition) is 1. The highest BCUT2D eigenvalue weighted by atomic mass is 16.5. The second-order valence-corrected chi connectivity index (χ2v) is 4.55. The van der Waals surface area contributed by atoms with Crippen molar-refractivity contribution in [3.8, 4) is 0 Å². The average molecular weight is 183 g/mol. The second-order valence-electron chi connectivity index (χ2n) is 4.55. The summed E-state index contributed by atoms with van der Waals surface area (Å²) in [4.78, 5) is 0. The van der Waals surface area contributed by atoms with Gasteiger partial charge in [0.25, 0.3) is 0 Å². The van der Waals surface area contributed by atoms with Crippen LogP contribution in [0, 0.1) is 11.8 Å². The lowest BCUT2D eigenvalue weighted by Gasteiger charge is -2.36. The van der Waals surface area contributed by atoms with Crippen molar-refractivity contribution in [3.05, 3.63) is 0 Å². The SMILES string of the molecule is NCC1CCC1CCC1CCCO1. The zero-order valence-electron chi connectivity index (χ0n) is 8.37. The molecule has 0 aromatic rings. The van der Waals surface area contributed by atoms with E-state index in [9.17, 15) is 0 Å². The summed E-state index contributed by atoms with van der Waals surface area (Å²) < 4.78 is 5.61. The van der Waals surface area contributed by atoms with Gasteiger partial charge in [-0.25, -0.2) is 0 Å². The molecule has 3 unspecified atom stereocenters. The minimum atomic E-state index is 0.582. The molecule has 2 rings (SSSR count). The van der Waals surface area contributed by atoms with E-state index in [0.717, 1.165) is 25.0 Å². The van der Waals surface area contributed by atoms with E-state index in [1.807, 2.05) is 0 Å². The molecule has 2 N–H and O–H groups in total. The van der Waals surface area contributed by atoms with Crippen LogP contribution >= 0.6 is 0 Å². The Balaban J connectivity index is 1.61. The zero-order valence-corrected chi connectivity index (χ0v) is 8.37. The quantitative estimate of drug-likeness (QED) is 0.723. The largest absolute Gasteiger partial charge is 0.378 e. The molecule has 2 fully saturated rings. The molecule has 0 bridgehead atoms. The molecular formula is C11H21NO. The van der Waals surface area contributed by atoms with E-state index in [1.54, 1.807) is 0 Å². The predicted molar refractivity (Wildman–Crippen MR) is 53.5 cm³/mol. The first kappa shape index (κ1) is 9.47. The fourth-order valence-corrected chi connectivity index (χ4v) is 2.60. The lowest BCUT2D eigenvalue weighted by molar-refractivity contribution is 0.0813. The second kappa shape index (κ2) is 4.43. The maximum Gasteiger partial charge on any atom is 0.0576 e. The van der Waals surface area contributed by atoms with E-state index >= 15 is 0 Å². The van der Waals surface area contributed by atoms with Crippen molar-refractivity contribution in [1.82, 2.24) is 0 Å². The van der Waals surface area contributed by atoms with Gasteiger partial charge in [0, 0.05) is 6.61 Å². The van der Waals surface area contributed by atoms with Gasteiger partial charge >= 0.3 is 0 Å². The topological polar surface area (TPSA) is 35.2 Å². The highest BCUT2D eigenvalue weighted by molar-refractivity contribution is 4.82. The van der Waals surface area contributed by atoms with Crippen molar-refractivity contribution in [2.24, 2.45) is 17.6 Å². The van der Waals surface area contributed by atoms with Gasteiger partial charge in [-0.1, -0.05) is 0 Å². The van der Waals surface area contributed by atoms with Crippen molar-refractivity contribution < 1.29 is 4.74 Å². The van der Waals surface area contributed by atoms with Gasteiger partial charge in [0.2, 0.25) is 0 Å². The molecule has 1 aliphatic carbocycles. The summed E-state index contributed by atoms with van der Waals surface area (Å²) in [5.74, 6) is 1.76. The van der Waals surface area contributed by atoms with Crippen LogP contribution in [-0.2, 0) is 4.74 Å². The number of hydrogen-bond acceptors (Lipinski definition) is 2. The Kier molecular flexibility index (Phi) is 3.23. The Morgan fingerprint density at radius 3 is 2.46 bits per heavy atom. The van der Waals surface area contributed by atoms with E-state index in [1.165, 1.54) is 38.5 Å². The maximum absolute atomic E-state index is 5.68. The number of rotatable bonds is 4. The average Bonchev–Trinajstić information content (AvgIpc) is 2.56. The minimum absolute atomic E-state index is 0.582. The fraction of sp³-hybridized carbons (Fsp3) is 1.00. The Labute approximate surface area is 80.8 Å². The Morgan fingerprint density at radius 1 is 1.08 bits per heavy atom. The zero-order chi connectivity index (χ0) is 9.10. The standard InChI is InChI=1S/C11H21NO/c12-8-10-4-3-9(10)5-6-11-2-1-7-13-11/h9-11H,1-8,12H2. The van der Waals surface area contributed by atoms with Gasteiger partial charge in [-0.05, 0) is 56.9 Å². The van der Waals surface area contributed by atoms with Gasteiger partial charge < -0.3 is 10.5 Å². The van der Waals surface area contributed by atoms with Gasteiger partial charge in [-0.3, -0.25) is 0 Å². The van der Waals surface area contributed by atoms with Crippen molar-refractivity contribution in [1.29, 1.82) is 0 Å². The fourth-order valence-electron chi connectivity index (χ4n) is 2.60. The molecule has 0 radical (unpaired) electrons. The van der Waals surface area contributed by atoms with Crippen molar-refractivity contribution in [2.75, 3.05) is 13.2 Å². The molecule has 1 saturated heterocycles. The molecule has 2 nitrogen and oxygen atoms in total. The molecule has 3 atom stereocenters. The van der Waals surface area contributed by atoms with Crippen molar-refractivity contribution in [2.45, 2.75) is 44.6 Å². The molecule has 0 amide bonds. The Bertz CT molecular complexity index is 152. The summed E-state index contributed by atoms with van der Waals surface area (Å²) in [6, 6.07) is 0. The molecule has 76 valence electrons. The summed E-state index contributed by atoms with van der Waals surface area (Å²) in [6.07, 6.45) is 8.56. The van der Waals surface area contributed by atoms with Crippen LogP contribution in [0.25, 0.3) is 0 Å². The van der Waals surface area contributed by atoms with Crippen LogP contribution in [-0.4, -0.2) is 19.3 Å². The molecule has 0 spiro atoms. The van der Waals surface area contributed by atoms with E-state index in [4.69, 9.17) is 10.5 Å². The van der Waals surface area contributed by atoms with Crippen LogP contribution in [0.5, 0.6) is 0 Å². The third kappa shape index (κ3) is 2.23. The number of nitrogens with two attached hydrogens (primary N) is 1. The van der Waals surface area contributed by atoms with E-state index in [-0.39, 0.29) is 0 Å². The van der Waals surface area contributed by atoms with Crippen LogP contribution in [0.3, 0.4) is 0 Å². The van der Waals surface area contributed by atoms with Gasteiger partial charge in [0.1, 0.15) is 0 Å². The summed E-state index contributed by atoms with van der Waals surface area (Å²) in [5, 5.41) is 0. The molecule has 1 heterocycles. The van der Waals surface area contributed by atoms with Crippen LogP contribution in [0.2, 0.25) is 0 Å². The lowest BCUT2D eigenvalue weighted by Crippen LogP contribution is -2.32. The monoisotopic (exact) mass is 183 g/mol. The molecule has 1 saturated carbocycles. The van der Waals surface area contributed by atoms with Crippen LogP contribution in [0.1, 0.15) is 38.5 Å². The van der Waals surface area contributed by atoms with E-state index < -0.39 is 0 Å². The highest BCUT2D eigenvalue weighted by Crippen LogP contribution is 2.37. The van der Waals surface area contributed by atoms with Gasteiger partial charge in [0.15, 0.2) is 0 Å². The molecule has 0 aromatic heterocycles. The highest BCUT2D eigenvalue weighted by Gasteiger charge is 2.30. The number of ether oxygens (including phenoxy) is 1. The summed E-state index contributed by atoms with van der Waals surface area (Å²) >= 11 is 0. The first-order valence-corrected chi connectivity index (χ1v) is 5.72. The molecular weight excluding hydrogens is 162 g/mol. The summed E-state index contributed by atoms with van der Waals surface area (Å²) in [5.41, 5.74) is 5.68. The Hall–Kier alpha value is -0.0800. The lowest BCUT2D eigenvalue weighted by atomic mass is 9.71. The normalized spacial score (nSPS) is 39.0. The summed E-state index contributed by atoms with van der Waals surface area (Å²) in [6.45, 7) is 1.89. The maximum atomic E-state index is 5.68. The van der Waals surface area contributed by atoms with Gasteiger partial charge in [0.05, 0.1) is 6.10 Å². The van der Waals surface area contributed by atoms with Crippen molar-refractivity contribution >= 4 is 0 Å². The van der Waals surface area contributed by atoms with E-state index in [0.29, 0.717) is 6.10 Å². The minimum Gasteiger partial charge on any atom is -0.378 e. The molecule has 2 heteroatoms. The molecule has 1 aliphatic heterocycles. The van der Waals surface area contributed by atoms with Gasteiger partial charge in [-0.15, -0.1) is 0 Å². The third-order valence-corrected chi connectivity index (χ3v) is 3.76. The summed E-state index contributed by atoms with van der Waals surface area (Å²) in [7, 11) is 0. The third-order valence-electron chi connectivity index (χ3n) is 3.76. The smallest absolute Gasteiger partial charge is 0.0576 e. The molecule has 2 aliphatic rings. The molecule has 0 aromatic carbocycles. The Morgan fingerprint density at radius 2 is 1.92 bits per heavy atom. The predicted octanol–water partition coefficient (Wildman–Crippen LogP) is 1.93.